The van der Waals surface area contributed by atoms with E-state index in [1.807, 2.05) is 49.7 Å². The fourth-order valence-corrected chi connectivity index (χ4v) is 2.79. The van der Waals surface area contributed by atoms with E-state index in [2.05, 4.69) is 43.6 Å². The lowest BCUT2D eigenvalue weighted by Gasteiger charge is -2.11. The van der Waals surface area contributed by atoms with Crippen LogP contribution < -0.4 is 5.32 Å². The minimum atomic E-state index is -0.426. The maximum atomic E-state index is 12.5. The van der Waals surface area contributed by atoms with Crippen molar-refractivity contribution >= 4 is 27.7 Å². The minimum Gasteiger partial charge on any atom is -0.307 e. The van der Waals surface area contributed by atoms with Gasteiger partial charge in [-0.05, 0) is 42.3 Å². The van der Waals surface area contributed by atoms with Gasteiger partial charge in [-0.2, -0.15) is 10.2 Å². The quantitative estimate of drug-likeness (QED) is 0.708. The van der Waals surface area contributed by atoms with Gasteiger partial charge in [-0.1, -0.05) is 30.3 Å². The van der Waals surface area contributed by atoms with E-state index in [9.17, 15) is 4.79 Å². The molecule has 0 radical (unpaired) electrons. The van der Waals surface area contributed by atoms with Crippen LogP contribution in [0, 0.1) is 13.8 Å². The number of rotatable bonds is 5. The first-order valence-corrected chi connectivity index (χ1v) is 8.84. The number of anilines is 1. The fourth-order valence-electron chi connectivity index (χ4n) is 2.50. The Morgan fingerprint density at radius 2 is 1.96 bits per heavy atom. The van der Waals surface area contributed by atoms with Crippen LogP contribution in [0.2, 0.25) is 0 Å². The molecule has 0 aliphatic carbocycles. The summed E-state index contributed by atoms with van der Waals surface area (Å²) in [6.07, 6.45) is 1.80. The van der Waals surface area contributed by atoms with Gasteiger partial charge in [-0.15, -0.1) is 0 Å². The molecule has 0 saturated heterocycles. The van der Waals surface area contributed by atoms with Crippen LogP contribution in [0.5, 0.6) is 0 Å². The zero-order valence-corrected chi connectivity index (χ0v) is 16.0. The summed E-state index contributed by atoms with van der Waals surface area (Å²) in [5.74, 6) is 0.396. The molecule has 1 amide bonds. The third-order valence-electron chi connectivity index (χ3n) is 4.04. The molecule has 0 aliphatic rings. The summed E-state index contributed by atoms with van der Waals surface area (Å²) in [6, 6.07) is 11.5. The van der Waals surface area contributed by atoms with Gasteiger partial charge in [-0.25, -0.2) is 0 Å². The van der Waals surface area contributed by atoms with Crippen LogP contribution in [0.1, 0.15) is 29.9 Å². The van der Waals surface area contributed by atoms with Crippen molar-refractivity contribution in [1.82, 2.24) is 19.6 Å². The van der Waals surface area contributed by atoms with Crippen molar-refractivity contribution in [2.45, 2.75) is 33.4 Å². The summed E-state index contributed by atoms with van der Waals surface area (Å²) in [7, 11) is 0. The van der Waals surface area contributed by atoms with Crippen molar-refractivity contribution in [3.63, 3.8) is 0 Å². The Morgan fingerprint density at radius 1 is 1.24 bits per heavy atom. The molecular weight excluding hydrogens is 382 g/mol. The van der Waals surface area contributed by atoms with Crippen LogP contribution in [0.3, 0.4) is 0 Å². The van der Waals surface area contributed by atoms with Gasteiger partial charge in [0.05, 0.1) is 16.7 Å². The average Bonchev–Trinajstić information content (AvgIpc) is 3.10. The number of nitrogens with one attached hydrogen (secondary N) is 1. The van der Waals surface area contributed by atoms with Crippen LogP contribution in [-0.2, 0) is 11.3 Å². The van der Waals surface area contributed by atoms with Gasteiger partial charge in [0.1, 0.15) is 6.04 Å². The third-order valence-corrected chi connectivity index (χ3v) is 4.82. The van der Waals surface area contributed by atoms with E-state index in [4.69, 9.17) is 0 Å². The first-order valence-electron chi connectivity index (χ1n) is 8.04. The molecule has 130 valence electrons. The van der Waals surface area contributed by atoms with Gasteiger partial charge >= 0.3 is 0 Å². The molecule has 3 aromatic rings. The number of carbonyl (C=O) groups is 1. The van der Waals surface area contributed by atoms with Gasteiger partial charge in [0.15, 0.2) is 5.82 Å². The number of benzene rings is 1. The second-order valence-corrected chi connectivity index (χ2v) is 6.88. The van der Waals surface area contributed by atoms with E-state index in [1.54, 1.807) is 10.9 Å². The summed E-state index contributed by atoms with van der Waals surface area (Å²) in [5.41, 5.74) is 3.00. The maximum absolute atomic E-state index is 12.5. The standard InChI is InChI=1S/C18H20BrN5O/c1-12-9-17(22-23(12)10-15-7-5-4-6-8-15)20-18(25)14(3)24-11-16(19)13(2)21-24/h4-9,11,14H,10H2,1-3H3,(H,20,22,25). The molecular formula is C18H20BrN5O. The zero-order valence-electron chi connectivity index (χ0n) is 14.4. The van der Waals surface area contributed by atoms with E-state index in [1.165, 1.54) is 0 Å². The van der Waals surface area contributed by atoms with E-state index in [0.717, 1.165) is 21.4 Å². The number of halogens is 1. The Hall–Kier alpha value is -2.41. The largest absolute Gasteiger partial charge is 0.307 e. The van der Waals surface area contributed by atoms with Gasteiger partial charge in [0, 0.05) is 18.0 Å². The summed E-state index contributed by atoms with van der Waals surface area (Å²) in [6.45, 7) is 6.34. The summed E-state index contributed by atoms with van der Waals surface area (Å²) in [4.78, 5) is 12.5. The first-order chi connectivity index (χ1) is 11.9. The number of aryl methyl sites for hydroxylation is 2. The van der Waals surface area contributed by atoms with Gasteiger partial charge in [0.25, 0.3) is 0 Å². The van der Waals surface area contributed by atoms with Crippen LogP contribution in [-0.4, -0.2) is 25.5 Å². The molecule has 2 aromatic heterocycles. The van der Waals surface area contributed by atoms with Gasteiger partial charge in [-0.3, -0.25) is 14.2 Å². The van der Waals surface area contributed by atoms with Crippen molar-refractivity contribution in [3.8, 4) is 0 Å². The smallest absolute Gasteiger partial charge is 0.250 e. The van der Waals surface area contributed by atoms with E-state index < -0.39 is 6.04 Å². The van der Waals surface area contributed by atoms with Crippen molar-refractivity contribution < 1.29 is 4.79 Å². The second kappa shape index (κ2) is 7.23. The molecule has 0 aliphatic heterocycles. The molecule has 3 rings (SSSR count). The Morgan fingerprint density at radius 3 is 2.60 bits per heavy atom. The molecule has 0 spiro atoms. The van der Waals surface area contributed by atoms with Gasteiger partial charge in [0.2, 0.25) is 5.91 Å². The summed E-state index contributed by atoms with van der Waals surface area (Å²) in [5, 5.41) is 11.7. The Bertz CT molecular complexity index is 865. The number of nitrogens with zero attached hydrogens (tertiary/aromatic N) is 4. The van der Waals surface area contributed by atoms with Gasteiger partial charge < -0.3 is 5.32 Å². The van der Waals surface area contributed by atoms with Crippen LogP contribution in [0.4, 0.5) is 5.82 Å². The van der Waals surface area contributed by atoms with Crippen molar-refractivity contribution in [2.75, 3.05) is 5.32 Å². The summed E-state index contributed by atoms with van der Waals surface area (Å²) >= 11 is 3.41. The number of carbonyl (C=O) groups excluding carboxylic acids is 1. The second-order valence-electron chi connectivity index (χ2n) is 6.02. The highest BCUT2D eigenvalue weighted by Crippen LogP contribution is 2.18. The highest BCUT2D eigenvalue weighted by molar-refractivity contribution is 9.10. The maximum Gasteiger partial charge on any atom is 0.250 e. The van der Waals surface area contributed by atoms with E-state index in [0.29, 0.717) is 12.4 Å². The lowest BCUT2D eigenvalue weighted by molar-refractivity contribution is -0.119. The first kappa shape index (κ1) is 17.4. The van der Waals surface area contributed by atoms with Crippen molar-refractivity contribution in [3.05, 3.63) is 64.0 Å². The predicted molar refractivity (Wildman–Crippen MR) is 101 cm³/mol. The highest BCUT2D eigenvalue weighted by Gasteiger charge is 2.18. The number of aromatic nitrogens is 4. The lowest BCUT2D eigenvalue weighted by atomic mass is 10.2. The lowest BCUT2D eigenvalue weighted by Crippen LogP contribution is -2.24. The van der Waals surface area contributed by atoms with Crippen LogP contribution in [0.15, 0.2) is 47.1 Å². The van der Waals surface area contributed by atoms with E-state index in [-0.39, 0.29) is 5.91 Å². The van der Waals surface area contributed by atoms with Crippen LogP contribution >= 0.6 is 15.9 Å². The Labute approximate surface area is 155 Å². The Kier molecular flexibility index (Phi) is 5.03. The monoisotopic (exact) mass is 401 g/mol. The molecule has 1 unspecified atom stereocenters. The third kappa shape index (κ3) is 3.99. The number of amides is 1. The Balaban J connectivity index is 1.70. The highest BCUT2D eigenvalue weighted by atomic mass is 79.9. The molecule has 2 heterocycles. The topological polar surface area (TPSA) is 64.7 Å². The van der Waals surface area contributed by atoms with Crippen molar-refractivity contribution in [2.24, 2.45) is 0 Å². The predicted octanol–water partition coefficient (Wildman–Crippen LogP) is 3.71. The van der Waals surface area contributed by atoms with E-state index >= 15 is 0 Å². The average molecular weight is 402 g/mol. The molecule has 7 heteroatoms. The molecule has 1 atom stereocenters. The molecule has 1 N–H and O–H groups in total. The molecule has 0 fully saturated rings. The zero-order chi connectivity index (χ0) is 18.0. The number of hydrogen-bond acceptors (Lipinski definition) is 3. The molecule has 1 aromatic carbocycles. The van der Waals surface area contributed by atoms with Crippen molar-refractivity contribution in [1.29, 1.82) is 0 Å². The van der Waals surface area contributed by atoms with Crippen LogP contribution in [0.25, 0.3) is 0 Å². The molecule has 25 heavy (non-hydrogen) atoms. The molecule has 0 bridgehead atoms. The summed E-state index contributed by atoms with van der Waals surface area (Å²) < 4.78 is 4.41. The SMILES string of the molecule is Cc1nn(C(C)C(=O)Nc2cc(C)n(Cc3ccccc3)n2)cc1Br. The fraction of sp³-hybridized carbons (Fsp3) is 0.278. The minimum absolute atomic E-state index is 0.153. The normalized spacial score (nSPS) is 12.2. The molecule has 0 saturated carbocycles. The molecule has 6 nitrogen and oxygen atoms in total. The number of hydrogen-bond donors (Lipinski definition) is 1.